The summed E-state index contributed by atoms with van der Waals surface area (Å²) in [5, 5.41) is 62.0. The second-order valence-electron chi connectivity index (χ2n) is 18.0. The zero-order chi connectivity index (χ0) is 60.4. The smallest absolute Gasteiger partial charge is 0.447 e. The first-order chi connectivity index (χ1) is 38.0. The van der Waals surface area contributed by atoms with E-state index in [2.05, 4.69) is 36.9 Å². The zero-order valence-corrected chi connectivity index (χ0v) is 45.5. The lowest BCUT2D eigenvalue weighted by molar-refractivity contribution is -0.192. The van der Waals surface area contributed by atoms with Gasteiger partial charge in [-0.25, -0.2) is 14.4 Å². The SMILES string of the molecule is NC(N)=NCCC[C@H](CC(=O)[C@H](Cc1ccccc1)NC(=O)CCNC(=O)CCC(NC(=O)NCCCC(=O)O)C(=O)O)C(=O)N[C@@H](CCCCNC(=O)CN1CCN(CC(=O)O)CCN(CC(=O)O)CC1)C(=O)O.O=C=O.[18F][Al]. The van der Waals surface area contributed by atoms with Gasteiger partial charge in [-0.3, -0.25) is 58.0 Å². The minimum absolute atomic E-state index is 0.0138. The van der Waals surface area contributed by atoms with Crippen molar-refractivity contribution in [2.75, 3.05) is 85.1 Å². The van der Waals surface area contributed by atoms with Gasteiger partial charge in [0.25, 0.3) is 0 Å². The maximum Gasteiger partial charge on any atom is 0.447 e. The number of aliphatic carboxylic acids is 5. The summed E-state index contributed by atoms with van der Waals surface area (Å²) in [6.07, 6.45) is -0.385. The fourth-order valence-corrected chi connectivity index (χ4v) is 7.75. The number of nitrogens with two attached hydrogens (primary N) is 2. The van der Waals surface area contributed by atoms with E-state index in [0.29, 0.717) is 51.3 Å². The maximum absolute atomic E-state index is 14.1. The lowest BCUT2D eigenvalue weighted by atomic mass is 9.90. The fourth-order valence-electron chi connectivity index (χ4n) is 7.75. The highest BCUT2D eigenvalue weighted by Crippen LogP contribution is 2.17. The minimum atomic E-state index is -1.45. The van der Waals surface area contributed by atoms with Crippen molar-refractivity contribution in [2.45, 2.75) is 95.2 Å². The number of carbonyl (C=O) groups excluding carboxylic acids is 8. The highest BCUT2D eigenvalue weighted by molar-refractivity contribution is 5.96. The third kappa shape index (κ3) is 36.5. The van der Waals surface area contributed by atoms with Crippen LogP contribution in [-0.4, -0.2) is 238 Å². The van der Waals surface area contributed by atoms with Crippen LogP contribution in [0.25, 0.3) is 0 Å². The molecule has 4 atom stereocenters. The lowest BCUT2D eigenvalue weighted by Gasteiger charge is -2.24. The van der Waals surface area contributed by atoms with Crippen LogP contribution in [0.1, 0.15) is 76.2 Å². The van der Waals surface area contributed by atoms with Crippen LogP contribution in [0.2, 0.25) is 0 Å². The first-order valence-electron chi connectivity index (χ1n) is 25.3. The number of carboxylic acids is 5. The summed E-state index contributed by atoms with van der Waals surface area (Å²) in [6, 6.07) is 3.81. The Morgan fingerprint density at radius 1 is 0.575 bits per heavy atom. The van der Waals surface area contributed by atoms with Crippen LogP contribution in [0.5, 0.6) is 0 Å². The van der Waals surface area contributed by atoms with E-state index in [1.807, 2.05) is 0 Å². The van der Waals surface area contributed by atoms with Crippen LogP contribution in [-0.2, 0) is 64.0 Å². The monoisotopic (exact) mass is 1150 g/mol. The van der Waals surface area contributed by atoms with Crippen molar-refractivity contribution in [1.82, 2.24) is 46.6 Å². The molecule has 1 aromatic carbocycles. The third-order valence-corrected chi connectivity index (χ3v) is 11.8. The second-order valence-corrected chi connectivity index (χ2v) is 18.0. The molecule has 0 bridgehead atoms. The van der Waals surface area contributed by atoms with Crippen LogP contribution in [0.15, 0.2) is 35.3 Å². The van der Waals surface area contributed by atoms with E-state index in [-0.39, 0.29) is 128 Å². The summed E-state index contributed by atoms with van der Waals surface area (Å²) < 4.78 is 9.42. The van der Waals surface area contributed by atoms with Gasteiger partial charge < -0.3 is 72.4 Å². The Morgan fingerprint density at radius 3 is 1.62 bits per heavy atom. The molecule has 1 heterocycles. The number of unbranched alkanes of at least 4 members (excludes halogenated alkanes) is 1. The Kier molecular flexibility index (Phi) is 39.2. The number of carbonyl (C=O) groups is 11. The van der Waals surface area contributed by atoms with Gasteiger partial charge in [0, 0.05) is 97.0 Å². The molecule has 444 valence electrons. The van der Waals surface area contributed by atoms with Gasteiger partial charge in [-0.05, 0) is 56.9 Å². The average Bonchev–Trinajstić information content (AvgIpc) is 3.47. The predicted octanol–water partition coefficient (Wildman–Crippen LogP) is -3.35. The molecule has 1 unspecified atom stereocenters. The largest absolute Gasteiger partial charge is 0.481 e. The number of rotatable bonds is 36. The molecule has 1 aliphatic heterocycles. The van der Waals surface area contributed by atoms with E-state index in [9.17, 15) is 76.7 Å². The number of carboxylic acid groups (broad SMARTS) is 5. The molecule has 0 spiro atoms. The molecule has 1 saturated heterocycles. The molecule has 30 nitrogen and oxygen atoms in total. The Bertz CT molecular complexity index is 2180. The summed E-state index contributed by atoms with van der Waals surface area (Å²) in [7, 11) is 0. The molecule has 2 rings (SSSR count). The molecule has 1 fully saturated rings. The molecule has 6 amide bonds. The summed E-state index contributed by atoms with van der Waals surface area (Å²) in [4.78, 5) is 162. The van der Waals surface area contributed by atoms with Gasteiger partial charge >= 0.3 is 58.8 Å². The highest BCUT2D eigenvalue weighted by atomic mass is 27.1. The molecule has 2 radical (unpaired) electrons. The summed E-state index contributed by atoms with van der Waals surface area (Å²) in [6.45, 7) is 1.60. The topological polar surface area (TPSA) is 469 Å². The van der Waals surface area contributed by atoms with Gasteiger partial charge in [-0.15, -0.1) is 0 Å². The predicted molar refractivity (Wildman–Crippen MR) is 280 cm³/mol. The number of guanidine groups is 1. The molecular weight excluding hydrogens is 1080 g/mol. The Balaban J connectivity index is 0.0000120. The number of ketones is 1. The molecule has 32 heteroatoms. The number of urea groups is 1. The van der Waals surface area contributed by atoms with E-state index in [1.54, 1.807) is 45.0 Å². The van der Waals surface area contributed by atoms with Crippen molar-refractivity contribution in [3.63, 3.8) is 0 Å². The van der Waals surface area contributed by atoms with E-state index in [0.717, 1.165) is 16.7 Å². The fraction of sp³-hybridized carbons (Fsp3) is 0.604. The lowest BCUT2D eigenvalue weighted by Crippen LogP contribution is -2.47. The number of hydrogen-bond acceptors (Lipinski definition) is 17. The van der Waals surface area contributed by atoms with Crippen LogP contribution >= 0.6 is 0 Å². The van der Waals surface area contributed by atoms with Crippen LogP contribution < -0.4 is 43.4 Å². The van der Waals surface area contributed by atoms with Crippen molar-refractivity contribution in [1.29, 1.82) is 0 Å². The summed E-state index contributed by atoms with van der Waals surface area (Å²) in [5.41, 5.74) is 11.6. The number of amides is 6. The first kappa shape index (κ1) is 72.4. The molecule has 1 aromatic rings. The van der Waals surface area contributed by atoms with E-state index in [1.165, 1.54) is 0 Å². The van der Waals surface area contributed by atoms with E-state index < -0.39 is 89.8 Å². The van der Waals surface area contributed by atoms with Crippen molar-refractivity contribution < 1.29 is 91.4 Å². The molecule has 0 saturated carbocycles. The molecule has 80 heavy (non-hydrogen) atoms. The average molecular weight is 1150 g/mol. The molecular formula is C48H74AlFN12O18. The van der Waals surface area contributed by atoms with E-state index in [4.69, 9.17) is 26.2 Å². The van der Waals surface area contributed by atoms with Gasteiger partial charge in [-0.1, -0.05) is 30.3 Å². The number of Topliss-reactive ketones (excluding diaryl/α,β-unsaturated/α-hetero) is 1. The van der Waals surface area contributed by atoms with Gasteiger partial charge in [0.05, 0.1) is 25.7 Å². The number of nitrogens with one attached hydrogen (secondary N) is 6. The quantitative estimate of drug-likeness (QED) is 0.0135. The summed E-state index contributed by atoms with van der Waals surface area (Å²) >= 11 is 0.917. The van der Waals surface area contributed by atoms with E-state index >= 15 is 0 Å². The standard InChI is InChI=1S/C47H74N12O16.CO2.Al.FH/c48-46(49)52-17-6-10-32(43(70)55-33(44(71)72)11-4-5-16-50-39(63)28-57-20-22-58(29-41(66)67)24-25-59(23-21-57)30-42(68)69)27-36(60)35(26-31-8-2-1-3-9-31)54-38(62)15-19-51-37(61)14-13-34(45(73)74)56-47(75)53-18-7-12-40(64)65;2-1-3;;/h1-3,8-9,32-35H,4-7,10-30H2,(H,50,63)(H,51,61)(H,54,62)(H,55,70)(H,64,65)(H,66,67)(H,68,69)(H,71,72)(H,73,74)(H4,48,49,52)(H2,53,56,75);;;1H/q;;+1;/p-1/t32-,33+,34?,35+;;;/m1.../s1/i;;;1-1. The van der Waals surface area contributed by atoms with Gasteiger partial charge in [0.1, 0.15) is 12.1 Å². The van der Waals surface area contributed by atoms with Crippen molar-refractivity contribution >= 4 is 94.2 Å². The third-order valence-electron chi connectivity index (χ3n) is 11.8. The number of aliphatic imine (C=N–C) groups is 1. The Morgan fingerprint density at radius 2 is 1.10 bits per heavy atom. The van der Waals surface area contributed by atoms with Crippen molar-refractivity contribution in [3.8, 4) is 0 Å². The highest BCUT2D eigenvalue weighted by Gasteiger charge is 2.31. The van der Waals surface area contributed by atoms with Crippen molar-refractivity contribution in [2.24, 2.45) is 22.4 Å². The second kappa shape index (κ2) is 43.3. The maximum atomic E-state index is 14.1. The number of hydrogen-bond donors (Lipinski definition) is 13. The van der Waals surface area contributed by atoms with Crippen LogP contribution in [0, 0.1) is 5.92 Å². The summed E-state index contributed by atoms with van der Waals surface area (Å²) in [5.74, 6) is -10.1. The van der Waals surface area contributed by atoms with Gasteiger partial charge in [-0.2, -0.15) is 9.59 Å². The minimum Gasteiger partial charge on any atom is -0.481 e. The van der Waals surface area contributed by atoms with Crippen LogP contribution in [0.4, 0.5) is 8.32 Å². The number of benzene rings is 1. The van der Waals surface area contributed by atoms with Gasteiger partial charge in [0.2, 0.25) is 23.6 Å². The van der Waals surface area contributed by atoms with Crippen LogP contribution in [0.3, 0.4) is 0 Å². The normalized spacial score (nSPS) is 14.1. The Hall–Kier alpha value is -7.62. The molecule has 15 N–H and O–H groups in total. The first-order valence-corrected chi connectivity index (χ1v) is 25.8. The zero-order valence-electron chi connectivity index (χ0n) is 44.3. The molecule has 0 aromatic heterocycles. The molecule has 0 aliphatic carbocycles. The Labute approximate surface area is 469 Å². The number of nitrogens with zero attached hydrogens (tertiary/aromatic N) is 4. The number of halogens is 1. The molecule has 1 aliphatic rings. The van der Waals surface area contributed by atoms with Crippen molar-refractivity contribution in [3.05, 3.63) is 35.9 Å². The van der Waals surface area contributed by atoms with Gasteiger partial charge in [0.15, 0.2) is 11.7 Å².